The van der Waals surface area contributed by atoms with E-state index in [9.17, 15) is 4.79 Å². The number of hydrogen-bond donors (Lipinski definition) is 1. The lowest BCUT2D eigenvalue weighted by molar-refractivity contribution is -0.142. The molecule has 108 valence electrons. The first-order valence-electron chi connectivity index (χ1n) is 7.68. The van der Waals surface area contributed by atoms with Crippen molar-refractivity contribution in [1.29, 1.82) is 0 Å². The van der Waals surface area contributed by atoms with Gasteiger partial charge in [-0.05, 0) is 49.9 Å². The summed E-state index contributed by atoms with van der Waals surface area (Å²) >= 11 is 0. The number of amides is 1. The van der Waals surface area contributed by atoms with Gasteiger partial charge >= 0.3 is 0 Å². The van der Waals surface area contributed by atoms with E-state index < -0.39 is 0 Å². The van der Waals surface area contributed by atoms with E-state index in [1.165, 1.54) is 5.56 Å². The second kappa shape index (κ2) is 5.52. The minimum Gasteiger partial charge on any atom is -0.335 e. The highest BCUT2D eigenvalue weighted by Gasteiger charge is 2.44. The quantitative estimate of drug-likeness (QED) is 0.917. The fraction of sp³-hybridized carbons (Fsp3) is 0.625. The molecule has 1 amide bonds. The number of nitrogens with zero attached hydrogens (tertiary/aromatic N) is 2. The number of aromatic nitrogens is 1. The first kappa shape index (κ1) is 13.6. The smallest absolute Gasteiger partial charge is 0.230 e. The van der Waals surface area contributed by atoms with Crippen molar-refractivity contribution in [2.75, 3.05) is 19.6 Å². The van der Waals surface area contributed by atoms with Crippen molar-refractivity contribution in [2.45, 2.75) is 38.6 Å². The van der Waals surface area contributed by atoms with E-state index in [0.717, 1.165) is 45.3 Å². The van der Waals surface area contributed by atoms with Crippen LogP contribution in [0, 0.1) is 5.41 Å². The van der Waals surface area contributed by atoms with Crippen LogP contribution in [0.2, 0.25) is 0 Å². The number of carbonyl (C=O) groups excluding carboxylic acids is 1. The molecule has 2 fully saturated rings. The Balaban J connectivity index is 1.83. The van der Waals surface area contributed by atoms with Crippen molar-refractivity contribution in [1.82, 2.24) is 15.2 Å². The van der Waals surface area contributed by atoms with E-state index in [1.807, 2.05) is 24.5 Å². The van der Waals surface area contributed by atoms with Gasteiger partial charge in [0.25, 0.3) is 0 Å². The summed E-state index contributed by atoms with van der Waals surface area (Å²) < 4.78 is 0. The van der Waals surface area contributed by atoms with E-state index in [1.54, 1.807) is 0 Å². The Morgan fingerprint density at radius 2 is 2.30 bits per heavy atom. The summed E-state index contributed by atoms with van der Waals surface area (Å²) in [5.41, 5.74) is 1.05. The largest absolute Gasteiger partial charge is 0.335 e. The van der Waals surface area contributed by atoms with E-state index in [0.29, 0.717) is 5.91 Å². The summed E-state index contributed by atoms with van der Waals surface area (Å²) in [6.07, 6.45) is 7.72. The Morgan fingerprint density at radius 1 is 1.50 bits per heavy atom. The minimum atomic E-state index is -0.171. The lowest BCUT2D eigenvalue weighted by Crippen LogP contribution is -2.44. The Labute approximate surface area is 120 Å². The second-order valence-electron chi connectivity index (χ2n) is 6.00. The van der Waals surface area contributed by atoms with Gasteiger partial charge in [-0.25, -0.2) is 0 Å². The fourth-order valence-corrected chi connectivity index (χ4v) is 3.63. The fourth-order valence-electron chi connectivity index (χ4n) is 3.63. The molecule has 0 aliphatic carbocycles. The minimum absolute atomic E-state index is 0.171. The molecule has 1 N–H and O–H groups in total. The molecule has 3 heterocycles. The average molecular weight is 273 g/mol. The van der Waals surface area contributed by atoms with Crippen LogP contribution in [0.1, 0.15) is 44.2 Å². The lowest BCUT2D eigenvalue weighted by Gasteiger charge is -2.34. The van der Waals surface area contributed by atoms with Crippen LogP contribution in [-0.2, 0) is 4.79 Å². The van der Waals surface area contributed by atoms with Gasteiger partial charge in [-0.3, -0.25) is 9.78 Å². The number of rotatable bonds is 3. The number of nitrogens with one attached hydrogen (secondary N) is 1. The number of likely N-dealkylation sites (tertiary alicyclic amines) is 1. The van der Waals surface area contributed by atoms with E-state index in [4.69, 9.17) is 0 Å². The van der Waals surface area contributed by atoms with Gasteiger partial charge < -0.3 is 10.2 Å². The standard InChI is InChI=1S/C16H23N3O/c1-2-16(7-10-18-12-16)15(20)19-11-3-4-14(19)13-5-8-17-9-6-13/h5-6,8-9,14,18H,2-4,7,10-12H2,1H3. The van der Waals surface area contributed by atoms with E-state index >= 15 is 0 Å². The maximum atomic E-state index is 13.1. The van der Waals surface area contributed by atoms with Crippen molar-refractivity contribution < 1.29 is 4.79 Å². The SMILES string of the molecule is CCC1(C(=O)N2CCCC2c2ccncc2)CCNC1. The van der Waals surface area contributed by atoms with Gasteiger partial charge in [-0.15, -0.1) is 0 Å². The molecule has 0 spiro atoms. The monoisotopic (exact) mass is 273 g/mol. The van der Waals surface area contributed by atoms with E-state index in [-0.39, 0.29) is 11.5 Å². The summed E-state index contributed by atoms with van der Waals surface area (Å²) in [7, 11) is 0. The second-order valence-corrected chi connectivity index (χ2v) is 6.00. The average Bonchev–Trinajstić information content (AvgIpc) is 3.17. The zero-order valence-corrected chi connectivity index (χ0v) is 12.1. The Bertz CT molecular complexity index is 468. The molecule has 0 aromatic carbocycles. The maximum absolute atomic E-state index is 13.1. The van der Waals surface area contributed by atoms with Crippen molar-refractivity contribution in [3.8, 4) is 0 Å². The van der Waals surface area contributed by atoms with Crippen LogP contribution >= 0.6 is 0 Å². The van der Waals surface area contributed by atoms with Gasteiger partial charge in [0.15, 0.2) is 0 Å². The maximum Gasteiger partial charge on any atom is 0.230 e. The molecular weight excluding hydrogens is 250 g/mol. The molecule has 1 aromatic heterocycles. The Kier molecular flexibility index (Phi) is 3.74. The molecule has 20 heavy (non-hydrogen) atoms. The van der Waals surface area contributed by atoms with Crippen LogP contribution in [0.5, 0.6) is 0 Å². The molecule has 2 aliphatic rings. The Hall–Kier alpha value is -1.42. The molecule has 2 aliphatic heterocycles. The third-order valence-corrected chi connectivity index (χ3v) is 4.98. The molecule has 3 rings (SSSR count). The Morgan fingerprint density at radius 3 is 2.95 bits per heavy atom. The topological polar surface area (TPSA) is 45.2 Å². The molecule has 2 atom stereocenters. The van der Waals surface area contributed by atoms with Gasteiger partial charge in [0.2, 0.25) is 5.91 Å². The van der Waals surface area contributed by atoms with Crippen LogP contribution in [-0.4, -0.2) is 35.4 Å². The number of carbonyl (C=O) groups is 1. The third kappa shape index (κ3) is 2.22. The summed E-state index contributed by atoms with van der Waals surface area (Å²) in [6.45, 7) is 4.84. The molecule has 0 saturated carbocycles. The van der Waals surface area contributed by atoms with Crippen molar-refractivity contribution in [3.05, 3.63) is 30.1 Å². The van der Waals surface area contributed by atoms with Crippen LogP contribution < -0.4 is 5.32 Å². The first-order chi connectivity index (χ1) is 9.77. The molecule has 0 radical (unpaired) electrons. The van der Waals surface area contributed by atoms with Gasteiger partial charge in [0, 0.05) is 25.5 Å². The number of pyridine rings is 1. The van der Waals surface area contributed by atoms with Gasteiger partial charge in [0.05, 0.1) is 11.5 Å². The van der Waals surface area contributed by atoms with Crippen LogP contribution in [0.3, 0.4) is 0 Å². The molecule has 4 heteroatoms. The van der Waals surface area contributed by atoms with Gasteiger partial charge in [-0.1, -0.05) is 6.92 Å². The molecule has 1 aromatic rings. The normalized spacial score (nSPS) is 29.9. The number of hydrogen-bond acceptors (Lipinski definition) is 3. The first-order valence-corrected chi connectivity index (χ1v) is 7.68. The third-order valence-electron chi connectivity index (χ3n) is 4.98. The van der Waals surface area contributed by atoms with Crippen LogP contribution in [0.25, 0.3) is 0 Å². The zero-order valence-electron chi connectivity index (χ0n) is 12.1. The molecule has 2 saturated heterocycles. The summed E-state index contributed by atoms with van der Waals surface area (Å²) in [4.78, 5) is 19.3. The molecular formula is C16H23N3O. The van der Waals surface area contributed by atoms with Crippen molar-refractivity contribution >= 4 is 5.91 Å². The van der Waals surface area contributed by atoms with E-state index in [2.05, 4.69) is 22.1 Å². The van der Waals surface area contributed by atoms with Crippen molar-refractivity contribution in [3.63, 3.8) is 0 Å². The van der Waals surface area contributed by atoms with Gasteiger partial charge in [-0.2, -0.15) is 0 Å². The molecule has 4 nitrogen and oxygen atoms in total. The van der Waals surface area contributed by atoms with Crippen LogP contribution in [0.4, 0.5) is 0 Å². The summed E-state index contributed by atoms with van der Waals surface area (Å²) in [6, 6.07) is 4.33. The highest BCUT2D eigenvalue weighted by atomic mass is 16.2. The van der Waals surface area contributed by atoms with Crippen molar-refractivity contribution in [2.24, 2.45) is 5.41 Å². The summed E-state index contributed by atoms with van der Waals surface area (Å²) in [5.74, 6) is 0.351. The van der Waals surface area contributed by atoms with Crippen LogP contribution in [0.15, 0.2) is 24.5 Å². The predicted molar refractivity (Wildman–Crippen MR) is 78.1 cm³/mol. The molecule has 2 unspecified atom stereocenters. The lowest BCUT2D eigenvalue weighted by atomic mass is 9.82. The zero-order chi connectivity index (χ0) is 14.0. The predicted octanol–water partition coefficient (Wildman–Crippen LogP) is 2.13. The molecule has 0 bridgehead atoms. The highest BCUT2D eigenvalue weighted by Crippen LogP contribution is 2.39. The summed E-state index contributed by atoms with van der Waals surface area (Å²) in [5, 5.41) is 3.37. The van der Waals surface area contributed by atoms with Gasteiger partial charge in [0.1, 0.15) is 0 Å². The highest BCUT2D eigenvalue weighted by molar-refractivity contribution is 5.84.